The van der Waals surface area contributed by atoms with Gasteiger partial charge in [0.1, 0.15) is 0 Å². The Labute approximate surface area is 81.1 Å². The van der Waals surface area contributed by atoms with Gasteiger partial charge in [-0.25, -0.2) is 0 Å². The molecule has 0 aromatic rings. The molecular formula is C11H10O3. The number of ether oxygens (including phenoxy) is 1. The molecule has 2 bridgehead atoms. The fraction of sp³-hybridized carbons (Fsp3) is 0.636. The zero-order valence-corrected chi connectivity index (χ0v) is 7.55. The number of carbonyl (C=O) groups excluding carboxylic acids is 2. The molecule has 0 aromatic heterocycles. The number of carbonyl (C=O) groups is 2. The van der Waals surface area contributed by atoms with Crippen LogP contribution in [0.15, 0.2) is 12.2 Å². The second-order valence-corrected chi connectivity index (χ2v) is 4.89. The lowest BCUT2D eigenvalue weighted by atomic mass is 9.63. The van der Waals surface area contributed by atoms with E-state index in [4.69, 9.17) is 4.74 Å². The van der Waals surface area contributed by atoms with E-state index < -0.39 is 0 Å². The average molecular weight is 190 g/mol. The van der Waals surface area contributed by atoms with Crippen molar-refractivity contribution in [1.82, 2.24) is 0 Å². The molecule has 14 heavy (non-hydrogen) atoms. The Bertz CT molecular complexity index is 350. The Kier molecular flexibility index (Phi) is 1.00. The lowest BCUT2D eigenvalue weighted by Gasteiger charge is -2.36. The first kappa shape index (κ1) is 7.21. The van der Waals surface area contributed by atoms with Crippen LogP contribution in [0.25, 0.3) is 0 Å². The molecule has 0 unspecified atom stereocenters. The van der Waals surface area contributed by atoms with Crippen LogP contribution in [0.3, 0.4) is 0 Å². The fourth-order valence-corrected chi connectivity index (χ4v) is 3.76. The highest BCUT2D eigenvalue weighted by Crippen LogP contribution is 2.65. The van der Waals surface area contributed by atoms with Gasteiger partial charge in [-0.05, 0) is 30.1 Å². The summed E-state index contributed by atoms with van der Waals surface area (Å²) in [6, 6.07) is 0. The van der Waals surface area contributed by atoms with E-state index in [0.717, 1.165) is 0 Å². The summed E-state index contributed by atoms with van der Waals surface area (Å²) in [5.74, 6) is 1.12. The third-order valence-corrected chi connectivity index (χ3v) is 4.40. The van der Waals surface area contributed by atoms with E-state index in [0.29, 0.717) is 23.7 Å². The molecule has 0 radical (unpaired) electrons. The minimum absolute atomic E-state index is 0.138. The van der Waals surface area contributed by atoms with Crippen molar-refractivity contribution >= 4 is 11.9 Å². The van der Waals surface area contributed by atoms with E-state index in [1.165, 1.54) is 6.42 Å². The standard InChI is InChI=1S/C11H10O3/c12-10-8-4-1-2-5(7-3-6(4)7)9(8)11(13)14-10/h1-2,4-9H,3H2/t4-,5+,6+,7-,8-,9+. The maximum absolute atomic E-state index is 11.5. The molecule has 0 spiro atoms. The molecule has 5 rings (SSSR count). The third kappa shape index (κ3) is 0.606. The van der Waals surface area contributed by atoms with Gasteiger partial charge in [-0.2, -0.15) is 0 Å². The largest absolute Gasteiger partial charge is 0.393 e. The molecule has 0 N–H and O–H groups in total. The molecule has 5 aliphatic rings. The summed E-state index contributed by atoms with van der Waals surface area (Å²) in [6.07, 6.45) is 5.48. The van der Waals surface area contributed by atoms with Crippen molar-refractivity contribution in [2.24, 2.45) is 35.5 Å². The van der Waals surface area contributed by atoms with Crippen molar-refractivity contribution in [3.8, 4) is 0 Å². The second kappa shape index (κ2) is 1.95. The van der Waals surface area contributed by atoms with Gasteiger partial charge < -0.3 is 4.74 Å². The van der Waals surface area contributed by atoms with Crippen LogP contribution in [0.5, 0.6) is 0 Å². The summed E-state index contributed by atoms with van der Waals surface area (Å²) < 4.78 is 4.74. The van der Waals surface area contributed by atoms with Gasteiger partial charge in [-0.1, -0.05) is 12.2 Å². The summed E-state index contributed by atoms with van der Waals surface area (Å²) in [6.45, 7) is 0. The van der Waals surface area contributed by atoms with Crippen molar-refractivity contribution in [3.05, 3.63) is 12.2 Å². The number of rotatable bonds is 0. The normalized spacial score (nSPS) is 56.9. The quantitative estimate of drug-likeness (QED) is 0.321. The van der Waals surface area contributed by atoms with Crippen molar-refractivity contribution in [2.75, 3.05) is 0 Å². The van der Waals surface area contributed by atoms with Gasteiger partial charge in [0.25, 0.3) is 0 Å². The summed E-state index contributed by atoms with van der Waals surface area (Å²) in [7, 11) is 0. The predicted octanol–water partition coefficient (Wildman–Crippen LogP) is 0.754. The smallest absolute Gasteiger partial charge is 0.318 e. The number of hydrogen-bond acceptors (Lipinski definition) is 3. The average Bonchev–Trinajstić information content (AvgIpc) is 2.92. The zero-order chi connectivity index (χ0) is 9.45. The van der Waals surface area contributed by atoms with Gasteiger partial charge in [0.05, 0.1) is 11.8 Å². The Morgan fingerprint density at radius 2 is 1.50 bits per heavy atom. The number of esters is 2. The maximum atomic E-state index is 11.5. The van der Waals surface area contributed by atoms with Crippen molar-refractivity contribution < 1.29 is 14.3 Å². The molecule has 3 fully saturated rings. The maximum Gasteiger partial charge on any atom is 0.318 e. The number of hydrogen-bond donors (Lipinski definition) is 0. The van der Waals surface area contributed by atoms with Crippen LogP contribution in [-0.2, 0) is 14.3 Å². The molecule has 6 atom stereocenters. The molecule has 2 saturated carbocycles. The number of allylic oxidation sites excluding steroid dienone is 2. The Balaban J connectivity index is 1.88. The topological polar surface area (TPSA) is 43.4 Å². The molecule has 1 saturated heterocycles. The highest BCUT2D eigenvalue weighted by Gasteiger charge is 2.66. The van der Waals surface area contributed by atoms with Crippen molar-refractivity contribution in [1.29, 1.82) is 0 Å². The molecule has 1 aliphatic heterocycles. The van der Waals surface area contributed by atoms with E-state index in [9.17, 15) is 9.59 Å². The second-order valence-electron chi connectivity index (χ2n) is 4.89. The summed E-state index contributed by atoms with van der Waals surface area (Å²) >= 11 is 0. The van der Waals surface area contributed by atoms with Gasteiger partial charge in [0, 0.05) is 0 Å². The molecule has 3 nitrogen and oxygen atoms in total. The first-order valence-corrected chi connectivity index (χ1v) is 5.21. The number of cyclic esters (lactones) is 2. The van der Waals surface area contributed by atoms with E-state index >= 15 is 0 Å². The first-order chi connectivity index (χ1) is 6.77. The molecule has 0 aromatic carbocycles. The lowest BCUT2D eigenvalue weighted by Crippen LogP contribution is -2.40. The molecule has 4 aliphatic carbocycles. The van der Waals surface area contributed by atoms with Crippen LogP contribution in [0.4, 0.5) is 0 Å². The van der Waals surface area contributed by atoms with Crippen LogP contribution in [0.1, 0.15) is 6.42 Å². The van der Waals surface area contributed by atoms with E-state index in [1.807, 2.05) is 0 Å². The highest BCUT2D eigenvalue weighted by atomic mass is 16.6. The third-order valence-electron chi connectivity index (χ3n) is 4.40. The Morgan fingerprint density at radius 3 is 2.00 bits per heavy atom. The van der Waals surface area contributed by atoms with Crippen LogP contribution < -0.4 is 0 Å². The SMILES string of the molecule is O=C1OC(=O)[C@H]2[C@H]3C=C[C@H]([C@@H]4C[C@H]34)[C@@H]12. The van der Waals surface area contributed by atoms with Gasteiger partial charge in [-0.15, -0.1) is 0 Å². The van der Waals surface area contributed by atoms with Crippen molar-refractivity contribution in [2.45, 2.75) is 6.42 Å². The first-order valence-electron chi connectivity index (χ1n) is 5.21. The van der Waals surface area contributed by atoms with Crippen LogP contribution in [0.2, 0.25) is 0 Å². The van der Waals surface area contributed by atoms with Gasteiger partial charge in [0.2, 0.25) is 0 Å². The minimum atomic E-state index is -0.273. The zero-order valence-electron chi connectivity index (χ0n) is 7.55. The summed E-state index contributed by atoms with van der Waals surface area (Å²) in [5.41, 5.74) is 0. The summed E-state index contributed by atoms with van der Waals surface area (Å²) in [5, 5.41) is 0. The Morgan fingerprint density at radius 1 is 1.00 bits per heavy atom. The molecule has 72 valence electrons. The molecular weight excluding hydrogens is 180 g/mol. The Hall–Kier alpha value is -1.12. The minimum Gasteiger partial charge on any atom is -0.393 e. The van der Waals surface area contributed by atoms with Crippen LogP contribution in [0, 0.1) is 35.5 Å². The fourth-order valence-electron chi connectivity index (χ4n) is 3.76. The molecule has 0 amide bonds. The molecule has 3 heteroatoms. The van der Waals surface area contributed by atoms with Gasteiger partial charge >= 0.3 is 11.9 Å². The van der Waals surface area contributed by atoms with Crippen LogP contribution in [-0.4, -0.2) is 11.9 Å². The predicted molar refractivity (Wildman–Crippen MR) is 45.8 cm³/mol. The van der Waals surface area contributed by atoms with Crippen molar-refractivity contribution in [3.63, 3.8) is 0 Å². The monoisotopic (exact) mass is 190 g/mol. The highest BCUT2D eigenvalue weighted by molar-refractivity contribution is 5.97. The van der Waals surface area contributed by atoms with Gasteiger partial charge in [0.15, 0.2) is 0 Å². The van der Waals surface area contributed by atoms with Crippen LogP contribution >= 0.6 is 0 Å². The lowest BCUT2D eigenvalue weighted by molar-refractivity contribution is -0.154. The van der Waals surface area contributed by atoms with E-state index in [1.54, 1.807) is 0 Å². The van der Waals surface area contributed by atoms with E-state index in [2.05, 4.69) is 12.2 Å². The van der Waals surface area contributed by atoms with E-state index in [-0.39, 0.29) is 23.8 Å². The van der Waals surface area contributed by atoms with Gasteiger partial charge in [-0.3, -0.25) is 9.59 Å². The molecule has 1 heterocycles. The summed E-state index contributed by atoms with van der Waals surface area (Å²) in [4.78, 5) is 23.0.